The van der Waals surface area contributed by atoms with Crippen molar-refractivity contribution in [2.24, 2.45) is 5.41 Å². The van der Waals surface area contributed by atoms with Crippen LogP contribution < -0.4 is 0 Å². The Morgan fingerprint density at radius 1 is 1.17 bits per heavy atom. The molecule has 1 fully saturated rings. The van der Waals surface area contributed by atoms with Gasteiger partial charge >= 0.3 is 5.97 Å². The van der Waals surface area contributed by atoms with Gasteiger partial charge in [0, 0.05) is 12.6 Å². The minimum atomic E-state index is -0.940. The Labute approximate surface area is 180 Å². The average molecular weight is 416 g/mol. The number of nitrogens with zero attached hydrogens (tertiary/aromatic N) is 1. The number of unbranched alkanes of at least 4 members (excludes halogenated alkanes) is 1. The predicted molar refractivity (Wildman–Crippen MR) is 120 cm³/mol. The Morgan fingerprint density at radius 2 is 1.83 bits per heavy atom. The molecule has 0 saturated heterocycles. The Balaban J connectivity index is 1.99. The van der Waals surface area contributed by atoms with Crippen molar-refractivity contribution in [3.63, 3.8) is 0 Å². The molecule has 1 saturated carbocycles. The fourth-order valence-electron chi connectivity index (χ4n) is 4.59. The molecule has 2 atom stereocenters. The summed E-state index contributed by atoms with van der Waals surface area (Å²) in [4.78, 5) is 24.5. The molecule has 0 bridgehead atoms. The first-order chi connectivity index (χ1) is 14.5. The van der Waals surface area contributed by atoms with Gasteiger partial charge in [0.1, 0.15) is 0 Å². The second kappa shape index (κ2) is 11.9. The summed E-state index contributed by atoms with van der Waals surface area (Å²) in [6, 6.07) is 6.72. The normalized spacial score (nSPS) is 17.7. The number of carboxylic acid groups (broad SMARTS) is 1. The van der Waals surface area contributed by atoms with Crippen LogP contribution in [0.1, 0.15) is 81.1 Å². The molecule has 1 aliphatic rings. The largest absolute Gasteiger partial charge is 0.478 e. The number of aromatic carboxylic acids is 1. The number of carbonyl (C=O) groups is 2. The zero-order chi connectivity index (χ0) is 22.0. The number of rotatable bonds is 13. The molecule has 0 aromatic heterocycles. The van der Waals surface area contributed by atoms with Gasteiger partial charge < -0.3 is 15.1 Å². The van der Waals surface area contributed by atoms with Gasteiger partial charge in [0.15, 0.2) is 0 Å². The van der Waals surface area contributed by atoms with Gasteiger partial charge in [-0.15, -0.1) is 0 Å². The van der Waals surface area contributed by atoms with Crippen molar-refractivity contribution in [3.8, 4) is 0 Å². The summed E-state index contributed by atoms with van der Waals surface area (Å²) < 4.78 is 0. The van der Waals surface area contributed by atoms with Gasteiger partial charge in [-0.3, -0.25) is 4.79 Å². The Morgan fingerprint density at radius 3 is 2.37 bits per heavy atom. The predicted octanol–water partition coefficient (Wildman–Crippen LogP) is 4.83. The molecule has 0 spiro atoms. The first kappa shape index (κ1) is 24.1. The summed E-state index contributed by atoms with van der Waals surface area (Å²) in [5, 5.41) is 20.0. The summed E-state index contributed by atoms with van der Waals surface area (Å²) in [7, 11) is 0. The van der Waals surface area contributed by atoms with E-state index in [9.17, 15) is 14.7 Å². The molecular formula is C25H37NO4. The molecular weight excluding hydrogens is 378 g/mol. The lowest BCUT2D eigenvalue weighted by Gasteiger charge is -2.33. The fraction of sp³-hybridized carbons (Fsp3) is 0.600. The van der Waals surface area contributed by atoms with Crippen LogP contribution >= 0.6 is 0 Å². The highest BCUT2D eigenvalue weighted by Crippen LogP contribution is 2.45. The number of aliphatic hydroxyl groups excluding tert-OH is 1. The maximum atomic E-state index is 11.7. The molecule has 1 aliphatic carbocycles. The van der Waals surface area contributed by atoms with E-state index in [0.29, 0.717) is 13.0 Å². The van der Waals surface area contributed by atoms with Crippen molar-refractivity contribution in [3.05, 3.63) is 47.5 Å². The summed E-state index contributed by atoms with van der Waals surface area (Å²) in [6.07, 6.45) is 13.7. The molecule has 0 radical (unpaired) electrons. The van der Waals surface area contributed by atoms with Gasteiger partial charge in [-0.05, 0) is 55.2 Å². The van der Waals surface area contributed by atoms with Gasteiger partial charge in [0.25, 0.3) is 0 Å². The van der Waals surface area contributed by atoms with Gasteiger partial charge in [-0.25, -0.2) is 4.79 Å². The molecule has 30 heavy (non-hydrogen) atoms. The zero-order valence-corrected chi connectivity index (χ0v) is 18.4. The lowest BCUT2D eigenvalue weighted by molar-refractivity contribution is -0.119. The van der Waals surface area contributed by atoms with Crippen LogP contribution in [-0.4, -0.2) is 46.2 Å². The molecule has 2 unspecified atom stereocenters. The topological polar surface area (TPSA) is 77.8 Å². The SMILES string of the molecule is CCCCC1(C(O)/C=C/C(CC)N(C=O)CCc2ccc(C(=O)O)cc2)CCCC1. The Kier molecular flexibility index (Phi) is 9.57. The molecule has 1 amide bonds. The zero-order valence-electron chi connectivity index (χ0n) is 18.4. The van der Waals surface area contributed by atoms with E-state index in [2.05, 4.69) is 6.92 Å². The molecule has 1 aromatic carbocycles. The molecule has 5 heteroatoms. The number of carbonyl (C=O) groups excluding carboxylic acids is 1. The van der Waals surface area contributed by atoms with E-state index in [1.54, 1.807) is 29.2 Å². The lowest BCUT2D eigenvalue weighted by atomic mass is 9.76. The van der Waals surface area contributed by atoms with E-state index < -0.39 is 12.1 Å². The monoisotopic (exact) mass is 415 g/mol. The van der Waals surface area contributed by atoms with Crippen molar-refractivity contribution < 1.29 is 19.8 Å². The highest BCUT2D eigenvalue weighted by atomic mass is 16.4. The van der Waals surface area contributed by atoms with Crippen LogP contribution in [0.15, 0.2) is 36.4 Å². The number of hydrogen-bond acceptors (Lipinski definition) is 3. The second-order valence-corrected chi connectivity index (χ2v) is 8.57. The van der Waals surface area contributed by atoms with Crippen LogP contribution in [-0.2, 0) is 11.2 Å². The van der Waals surface area contributed by atoms with Crippen LogP contribution in [0.3, 0.4) is 0 Å². The van der Waals surface area contributed by atoms with Crippen LogP contribution in [0.2, 0.25) is 0 Å². The van der Waals surface area contributed by atoms with Crippen LogP contribution in [0.4, 0.5) is 0 Å². The Bertz CT molecular complexity index is 692. The quantitative estimate of drug-likeness (QED) is 0.357. The van der Waals surface area contributed by atoms with Gasteiger partial charge in [0.2, 0.25) is 6.41 Å². The molecule has 2 N–H and O–H groups in total. The van der Waals surface area contributed by atoms with Crippen molar-refractivity contribution >= 4 is 12.4 Å². The van der Waals surface area contributed by atoms with E-state index >= 15 is 0 Å². The molecule has 2 rings (SSSR count). The van der Waals surface area contributed by atoms with Crippen molar-refractivity contribution in [1.29, 1.82) is 0 Å². The van der Waals surface area contributed by atoms with Gasteiger partial charge in [-0.1, -0.05) is 63.8 Å². The number of benzene rings is 1. The summed E-state index contributed by atoms with van der Waals surface area (Å²) >= 11 is 0. The van der Waals surface area contributed by atoms with E-state index in [0.717, 1.165) is 50.5 Å². The molecule has 1 aromatic rings. The third-order valence-corrected chi connectivity index (χ3v) is 6.61. The second-order valence-electron chi connectivity index (χ2n) is 8.57. The first-order valence-electron chi connectivity index (χ1n) is 11.4. The van der Waals surface area contributed by atoms with Crippen molar-refractivity contribution in [2.75, 3.05) is 6.54 Å². The summed E-state index contributed by atoms with van der Waals surface area (Å²) in [5.41, 5.74) is 1.26. The highest BCUT2D eigenvalue weighted by molar-refractivity contribution is 5.87. The molecule has 0 aliphatic heterocycles. The third-order valence-electron chi connectivity index (χ3n) is 6.61. The first-order valence-corrected chi connectivity index (χ1v) is 11.4. The smallest absolute Gasteiger partial charge is 0.335 e. The van der Waals surface area contributed by atoms with Gasteiger partial charge in [0.05, 0.1) is 11.7 Å². The Hall–Kier alpha value is -2.14. The molecule has 166 valence electrons. The summed E-state index contributed by atoms with van der Waals surface area (Å²) in [6.45, 7) is 4.78. The maximum Gasteiger partial charge on any atom is 0.335 e. The number of aliphatic hydroxyl groups is 1. The molecule has 0 heterocycles. The van der Waals surface area contributed by atoms with E-state index in [1.165, 1.54) is 12.8 Å². The van der Waals surface area contributed by atoms with Crippen LogP contribution in [0.25, 0.3) is 0 Å². The summed E-state index contributed by atoms with van der Waals surface area (Å²) in [5.74, 6) is -0.940. The third kappa shape index (κ3) is 6.43. The number of hydrogen-bond donors (Lipinski definition) is 2. The van der Waals surface area contributed by atoms with E-state index in [4.69, 9.17) is 5.11 Å². The number of amides is 1. The van der Waals surface area contributed by atoms with Crippen molar-refractivity contribution in [2.45, 2.75) is 83.8 Å². The minimum Gasteiger partial charge on any atom is -0.478 e. The van der Waals surface area contributed by atoms with Crippen LogP contribution in [0, 0.1) is 5.41 Å². The van der Waals surface area contributed by atoms with E-state index in [-0.39, 0.29) is 17.0 Å². The van der Waals surface area contributed by atoms with Crippen molar-refractivity contribution in [1.82, 2.24) is 4.90 Å². The highest BCUT2D eigenvalue weighted by Gasteiger charge is 2.38. The molecule has 5 nitrogen and oxygen atoms in total. The van der Waals surface area contributed by atoms with E-state index in [1.807, 2.05) is 19.1 Å². The lowest BCUT2D eigenvalue weighted by Crippen LogP contribution is -2.35. The maximum absolute atomic E-state index is 11.7. The minimum absolute atomic E-state index is 0.00268. The van der Waals surface area contributed by atoms with Crippen LogP contribution in [0.5, 0.6) is 0 Å². The average Bonchev–Trinajstić information content (AvgIpc) is 3.24. The standard InChI is InChI=1S/C25H37NO4/c1-3-5-15-25(16-6-7-17-25)23(28)13-12-22(4-2)26(19-27)18-14-20-8-10-21(11-9-20)24(29)30/h8-13,19,22-23,28H,3-7,14-18H2,1-2H3,(H,29,30)/b13-12+. The number of carboxylic acids is 1. The van der Waals surface area contributed by atoms with Gasteiger partial charge in [-0.2, -0.15) is 0 Å². The fourth-order valence-corrected chi connectivity index (χ4v) is 4.59.